The Labute approximate surface area is 297 Å². The van der Waals surface area contributed by atoms with Gasteiger partial charge in [0.05, 0.1) is 23.3 Å². The number of aromatic amines is 1. The lowest BCUT2D eigenvalue weighted by atomic mass is 9.32. The molecule has 0 spiro atoms. The molecule has 1 aromatic heterocycles. The predicted molar refractivity (Wildman–Crippen MR) is 201 cm³/mol. The van der Waals surface area contributed by atoms with Gasteiger partial charge in [0.15, 0.2) is 0 Å². The van der Waals surface area contributed by atoms with Gasteiger partial charge in [-0.1, -0.05) is 83.5 Å². The molecule has 8 rings (SSSR count). The van der Waals surface area contributed by atoms with Gasteiger partial charge in [-0.25, -0.2) is 4.98 Å². The van der Waals surface area contributed by atoms with Crippen LogP contribution in [0, 0.1) is 69.5 Å². The van der Waals surface area contributed by atoms with Gasteiger partial charge in [0.2, 0.25) is 5.91 Å². The molecule has 4 nitrogen and oxygen atoms in total. The third-order valence-electron chi connectivity index (χ3n) is 17.8. The summed E-state index contributed by atoms with van der Waals surface area (Å²) in [6, 6.07) is 8.69. The Bertz CT molecular complexity index is 1620. The highest BCUT2D eigenvalue weighted by atomic mass is 16.2. The van der Waals surface area contributed by atoms with Crippen LogP contribution in [-0.2, 0) is 4.79 Å². The number of H-pyrrole nitrogens is 1. The Hall–Kier alpha value is -2.36. The van der Waals surface area contributed by atoms with Crippen LogP contribution in [0.15, 0.2) is 42.6 Å². The third kappa shape index (κ3) is 4.59. The number of carbonyl (C=O) groups excluding carboxylic acids is 1. The molecule has 1 saturated heterocycles. The highest BCUT2D eigenvalue weighted by molar-refractivity contribution is 5.84. The molecule has 2 heterocycles. The number of benzene rings is 1. The van der Waals surface area contributed by atoms with Gasteiger partial charge < -0.3 is 9.88 Å². The zero-order valence-corrected chi connectivity index (χ0v) is 32.1. The molecule has 1 amide bonds. The molecule has 49 heavy (non-hydrogen) atoms. The Morgan fingerprint density at radius 1 is 0.878 bits per heavy atom. The summed E-state index contributed by atoms with van der Waals surface area (Å²) in [5.74, 6) is 5.27. The van der Waals surface area contributed by atoms with Gasteiger partial charge in [-0.05, 0) is 154 Å². The average molecular weight is 664 g/mol. The number of likely N-dealkylation sites (tertiary alicyclic amines) is 1. The molecule has 1 aromatic carbocycles. The van der Waals surface area contributed by atoms with Gasteiger partial charge in [-0.15, -0.1) is 0 Å². The largest absolute Gasteiger partial charge is 0.340 e. The van der Waals surface area contributed by atoms with E-state index in [9.17, 15) is 0 Å². The minimum absolute atomic E-state index is 0.0411. The fraction of sp³-hybridized carbons (Fsp3) is 0.733. The maximum atomic E-state index is 15.4. The first-order valence-corrected chi connectivity index (χ1v) is 20.3. The number of nitrogens with one attached hydrogen (secondary N) is 1. The fourth-order valence-electron chi connectivity index (χ4n) is 14.7. The number of aromatic nitrogens is 2. The number of rotatable bonds is 4. The topological polar surface area (TPSA) is 49.0 Å². The van der Waals surface area contributed by atoms with Crippen LogP contribution >= 0.6 is 0 Å². The van der Waals surface area contributed by atoms with Gasteiger partial charge in [-0.2, -0.15) is 0 Å². The maximum Gasteiger partial charge on any atom is 0.229 e. The fourth-order valence-corrected chi connectivity index (χ4v) is 14.7. The molecule has 0 unspecified atom stereocenters. The number of aryl methyl sites for hydroxylation is 1. The molecule has 11 atom stereocenters. The first-order chi connectivity index (χ1) is 23.2. The van der Waals surface area contributed by atoms with E-state index < -0.39 is 0 Å². The SMILES string of the molecule is C=C(C)[C@@H]1CC[C@]2(C(=O)N3CCC[C@H]3c3ncc(-c4ccc(C)cc4)[nH]3)CC[C@]3(C)[C@H](CC[C@@H]4[C@@]5(C)CC[C@H](C)C(C)(C)[C@@H]5CC[C@]43C)[C@@H]12. The van der Waals surface area contributed by atoms with Crippen molar-refractivity contribution >= 4 is 5.91 Å². The monoisotopic (exact) mass is 664 g/mol. The molecular formula is C45H65N3O. The van der Waals surface area contributed by atoms with Crippen LogP contribution in [0.5, 0.6) is 0 Å². The summed E-state index contributed by atoms with van der Waals surface area (Å²) in [5, 5.41) is 0. The van der Waals surface area contributed by atoms with E-state index >= 15 is 4.79 Å². The second-order valence-electron chi connectivity index (χ2n) is 19.8. The molecule has 0 radical (unpaired) electrons. The molecule has 4 heteroatoms. The van der Waals surface area contributed by atoms with E-state index in [1.165, 1.54) is 56.1 Å². The number of hydrogen-bond donors (Lipinski definition) is 1. The summed E-state index contributed by atoms with van der Waals surface area (Å²) < 4.78 is 0. The van der Waals surface area contributed by atoms with E-state index in [2.05, 4.69) is 96.1 Å². The number of allylic oxidation sites excluding steroid dienone is 1. The van der Waals surface area contributed by atoms with E-state index in [0.717, 1.165) is 73.5 Å². The summed E-state index contributed by atoms with van der Waals surface area (Å²) in [5.41, 5.74) is 5.94. The second-order valence-corrected chi connectivity index (χ2v) is 19.8. The van der Waals surface area contributed by atoms with Crippen LogP contribution in [0.1, 0.15) is 143 Å². The van der Waals surface area contributed by atoms with Crippen molar-refractivity contribution in [3.63, 3.8) is 0 Å². The molecule has 266 valence electrons. The molecular weight excluding hydrogens is 599 g/mol. The normalized spacial score (nSPS) is 44.1. The standard InChI is InChI=1S/C45H65N3O/c1-28(2)32-19-23-45(40(49)48-26-10-11-35(48)39-46-27-34(47-39)31-14-12-29(3)13-15-31)25-24-43(8)33(38(32)45)16-17-37-42(7)21-18-30(4)41(5,6)36(42)20-22-44(37,43)9/h12-15,27,30,32-33,35-38H,1,10-11,16-26H2,2-9H3,(H,46,47)/t30-,32-,33+,35-,36-,37+,38+,42-,43+,44+,45-/m0/s1. The van der Waals surface area contributed by atoms with E-state index in [1.54, 1.807) is 0 Å². The maximum absolute atomic E-state index is 15.4. The van der Waals surface area contributed by atoms with Gasteiger partial charge in [0.25, 0.3) is 0 Å². The Morgan fingerprint density at radius 2 is 1.63 bits per heavy atom. The van der Waals surface area contributed by atoms with Crippen LogP contribution in [0.3, 0.4) is 0 Å². The number of nitrogens with zero attached hydrogens (tertiary/aromatic N) is 2. The average Bonchev–Trinajstić information content (AvgIpc) is 3.82. The van der Waals surface area contributed by atoms with Crippen molar-refractivity contribution in [1.82, 2.24) is 14.9 Å². The zero-order valence-electron chi connectivity index (χ0n) is 32.1. The van der Waals surface area contributed by atoms with Crippen molar-refractivity contribution in [1.29, 1.82) is 0 Å². The smallest absolute Gasteiger partial charge is 0.229 e. The van der Waals surface area contributed by atoms with Crippen LogP contribution in [0.2, 0.25) is 0 Å². The van der Waals surface area contributed by atoms with E-state index in [1.807, 2.05) is 6.20 Å². The summed E-state index contributed by atoms with van der Waals surface area (Å²) >= 11 is 0. The second kappa shape index (κ2) is 11.3. The molecule has 6 fully saturated rings. The highest BCUT2D eigenvalue weighted by Crippen LogP contribution is 2.78. The molecule has 5 aliphatic carbocycles. The quantitative estimate of drug-likeness (QED) is 0.331. The van der Waals surface area contributed by atoms with E-state index in [4.69, 9.17) is 4.98 Å². The Kier molecular flexibility index (Phi) is 7.80. The Balaban J connectivity index is 1.12. The summed E-state index contributed by atoms with van der Waals surface area (Å²) in [6.07, 6.45) is 16.6. The van der Waals surface area contributed by atoms with Crippen molar-refractivity contribution in [3.05, 3.63) is 54.0 Å². The first-order valence-electron chi connectivity index (χ1n) is 20.3. The number of amides is 1. The lowest BCUT2D eigenvalue weighted by molar-refractivity contribution is -0.242. The minimum Gasteiger partial charge on any atom is -0.340 e. The molecule has 0 bridgehead atoms. The molecule has 2 aromatic rings. The van der Waals surface area contributed by atoms with Gasteiger partial charge >= 0.3 is 0 Å². The lowest BCUT2D eigenvalue weighted by Crippen LogP contribution is -2.67. The van der Waals surface area contributed by atoms with Crippen LogP contribution in [0.4, 0.5) is 0 Å². The van der Waals surface area contributed by atoms with Crippen molar-refractivity contribution in [2.75, 3.05) is 6.54 Å². The molecule has 1 N–H and O–H groups in total. The highest BCUT2D eigenvalue weighted by Gasteiger charge is 2.72. The number of imidazole rings is 1. The van der Waals surface area contributed by atoms with Crippen molar-refractivity contribution < 1.29 is 4.79 Å². The van der Waals surface area contributed by atoms with Gasteiger partial charge in [-0.3, -0.25) is 4.79 Å². The van der Waals surface area contributed by atoms with Gasteiger partial charge in [0.1, 0.15) is 5.82 Å². The summed E-state index contributed by atoms with van der Waals surface area (Å²) in [7, 11) is 0. The third-order valence-corrected chi connectivity index (χ3v) is 17.8. The zero-order chi connectivity index (χ0) is 34.7. The molecule has 5 saturated carbocycles. The molecule has 6 aliphatic rings. The van der Waals surface area contributed by atoms with E-state index in [0.29, 0.717) is 39.9 Å². The van der Waals surface area contributed by atoms with Crippen LogP contribution in [-0.4, -0.2) is 27.3 Å². The van der Waals surface area contributed by atoms with Crippen molar-refractivity contribution in [2.24, 2.45) is 62.6 Å². The summed E-state index contributed by atoms with van der Waals surface area (Å²) in [4.78, 5) is 26.3. The first kappa shape index (κ1) is 33.8. The van der Waals surface area contributed by atoms with Crippen LogP contribution in [0.25, 0.3) is 11.3 Å². The van der Waals surface area contributed by atoms with Crippen molar-refractivity contribution in [2.45, 2.75) is 138 Å². The van der Waals surface area contributed by atoms with Gasteiger partial charge in [0, 0.05) is 6.54 Å². The lowest BCUT2D eigenvalue weighted by Gasteiger charge is -2.73. The van der Waals surface area contributed by atoms with Crippen molar-refractivity contribution in [3.8, 4) is 11.3 Å². The minimum atomic E-state index is -0.269. The molecule has 1 aliphatic heterocycles. The Morgan fingerprint density at radius 3 is 2.37 bits per heavy atom. The number of fused-ring (bicyclic) bond motifs is 7. The summed E-state index contributed by atoms with van der Waals surface area (Å²) in [6.45, 7) is 25.8. The number of hydrogen-bond acceptors (Lipinski definition) is 2. The number of carbonyl (C=O) groups is 1. The van der Waals surface area contributed by atoms with E-state index in [-0.39, 0.29) is 16.9 Å². The van der Waals surface area contributed by atoms with Crippen LogP contribution < -0.4 is 0 Å². The predicted octanol–water partition coefficient (Wildman–Crippen LogP) is 11.3.